The average Bonchev–Trinajstić information content (AvgIpc) is 2.63. The summed E-state index contributed by atoms with van der Waals surface area (Å²) in [5.41, 5.74) is 3.09. The molecule has 0 aliphatic heterocycles. The zero-order valence-corrected chi connectivity index (χ0v) is 13.1. The van der Waals surface area contributed by atoms with Gasteiger partial charge in [0.1, 0.15) is 5.75 Å². The number of benzene rings is 1. The summed E-state index contributed by atoms with van der Waals surface area (Å²) < 4.78 is 7.88. The van der Waals surface area contributed by atoms with Crippen molar-refractivity contribution in [1.29, 1.82) is 0 Å². The quantitative estimate of drug-likeness (QED) is 0.930. The second-order valence-corrected chi connectivity index (χ2v) is 5.36. The first-order valence-corrected chi connectivity index (χ1v) is 6.81. The van der Waals surface area contributed by atoms with E-state index in [0.717, 1.165) is 21.3 Å². The van der Waals surface area contributed by atoms with Gasteiger partial charge in [0, 0.05) is 22.6 Å². The van der Waals surface area contributed by atoms with Gasteiger partial charge in [0.05, 0.1) is 24.9 Å². The lowest BCUT2D eigenvalue weighted by Gasteiger charge is -2.10. The van der Waals surface area contributed by atoms with E-state index in [9.17, 15) is 4.79 Å². The van der Waals surface area contributed by atoms with Gasteiger partial charge in [-0.1, -0.05) is 15.9 Å². The van der Waals surface area contributed by atoms with Crippen LogP contribution in [0.25, 0.3) is 11.1 Å². The van der Waals surface area contributed by atoms with Gasteiger partial charge in [0.25, 0.3) is 0 Å². The van der Waals surface area contributed by atoms with Gasteiger partial charge in [-0.3, -0.25) is 9.48 Å². The average molecular weight is 339 g/mol. The summed E-state index contributed by atoms with van der Waals surface area (Å²) in [6.45, 7) is 1.86. The molecule has 5 nitrogen and oxygen atoms in total. The van der Waals surface area contributed by atoms with Crippen molar-refractivity contribution in [2.75, 3.05) is 7.11 Å². The second-order valence-electron chi connectivity index (χ2n) is 4.45. The van der Waals surface area contributed by atoms with Crippen molar-refractivity contribution in [3.63, 3.8) is 0 Å². The third-order valence-electron chi connectivity index (χ3n) is 3.09. The predicted octanol–water partition coefficient (Wildman–Crippen LogP) is 2.79. The summed E-state index contributed by atoms with van der Waals surface area (Å²) in [4.78, 5) is 11.1. The highest BCUT2D eigenvalue weighted by Crippen LogP contribution is 2.36. The largest absolute Gasteiger partial charge is 0.496 e. The molecule has 0 fully saturated rings. The number of carboxylic acid groups (broad SMARTS) is 1. The zero-order valence-electron chi connectivity index (χ0n) is 11.5. The van der Waals surface area contributed by atoms with E-state index in [1.165, 1.54) is 0 Å². The smallest absolute Gasteiger partial charge is 0.309 e. The summed E-state index contributed by atoms with van der Waals surface area (Å²) in [6, 6.07) is 5.63. The molecule has 0 aliphatic rings. The van der Waals surface area contributed by atoms with Crippen molar-refractivity contribution in [2.45, 2.75) is 13.3 Å². The number of aryl methyl sites for hydroxylation is 2. The third kappa shape index (κ3) is 2.70. The van der Waals surface area contributed by atoms with E-state index in [1.807, 2.05) is 25.1 Å². The summed E-state index contributed by atoms with van der Waals surface area (Å²) in [5, 5.41) is 13.4. The zero-order chi connectivity index (χ0) is 14.9. The van der Waals surface area contributed by atoms with Gasteiger partial charge in [-0.15, -0.1) is 0 Å². The highest BCUT2D eigenvalue weighted by atomic mass is 79.9. The minimum Gasteiger partial charge on any atom is -0.496 e. The highest BCUT2D eigenvalue weighted by Gasteiger charge is 2.20. The molecule has 0 spiro atoms. The minimum atomic E-state index is -0.886. The van der Waals surface area contributed by atoms with Crippen LogP contribution in [0.4, 0.5) is 0 Å². The van der Waals surface area contributed by atoms with E-state index in [1.54, 1.807) is 18.8 Å². The van der Waals surface area contributed by atoms with Gasteiger partial charge in [0.2, 0.25) is 0 Å². The molecule has 20 heavy (non-hydrogen) atoms. The number of aliphatic carboxylic acids is 1. The molecule has 0 saturated carbocycles. The van der Waals surface area contributed by atoms with Crippen molar-refractivity contribution >= 4 is 21.9 Å². The molecule has 0 radical (unpaired) electrons. The van der Waals surface area contributed by atoms with Crippen LogP contribution in [0.15, 0.2) is 22.7 Å². The van der Waals surface area contributed by atoms with Crippen LogP contribution in [-0.4, -0.2) is 28.0 Å². The predicted molar refractivity (Wildman–Crippen MR) is 79.0 cm³/mol. The molecule has 1 N–H and O–H groups in total. The number of nitrogens with zero attached hydrogens (tertiary/aromatic N) is 2. The molecule has 0 aliphatic carbocycles. The van der Waals surface area contributed by atoms with Crippen LogP contribution in [0.3, 0.4) is 0 Å². The summed E-state index contributed by atoms with van der Waals surface area (Å²) in [5.74, 6) is -0.195. The molecule has 0 bridgehead atoms. The standard InChI is InChI=1S/C14H15BrN2O3/c1-8-14(11(7-13(18)19)17(2)16-8)10-6-9(15)4-5-12(10)20-3/h4-6H,7H2,1-3H3,(H,18,19). The van der Waals surface area contributed by atoms with Crippen LogP contribution >= 0.6 is 15.9 Å². The molecular formula is C14H15BrN2O3. The Morgan fingerprint density at radius 1 is 1.50 bits per heavy atom. The van der Waals surface area contributed by atoms with Crippen molar-refractivity contribution in [1.82, 2.24) is 9.78 Å². The van der Waals surface area contributed by atoms with Crippen LogP contribution in [0.5, 0.6) is 5.75 Å². The third-order valence-corrected chi connectivity index (χ3v) is 3.58. The summed E-state index contributed by atoms with van der Waals surface area (Å²) in [6.07, 6.45) is -0.0810. The summed E-state index contributed by atoms with van der Waals surface area (Å²) in [7, 11) is 3.34. The molecule has 0 amide bonds. The van der Waals surface area contributed by atoms with E-state index in [4.69, 9.17) is 9.84 Å². The lowest BCUT2D eigenvalue weighted by molar-refractivity contribution is -0.136. The van der Waals surface area contributed by atoms with Gasteiger partial charge >= 0.3 is 5.97 Å². The van der Waals surface area contributed by atoms with Crippen LogP contribution < -0.4 is 4.74 Å². The fourth-order valence-electron chi connectivity index (χ4n) is 2.28. The maximum atomic E-state index is 11.1. The Morgan fingerprint density at radius 3 is 2.80 bits per heavy atom. The van der Waals surface area contributed by atoms with Gasteiger partial charge < -0.3 is 9.84 Å². The van der Waals surface area contributed by atoms with Crippen LogP contribution in [-0.2, 0) is 18.3 Å². The van der Waals surface area contributed by atoms with Crippen molar-refractivity contribution < 1.29 is 14.6 Å². The van der Waals surface area contributed by atoms with Gasteiger partial charge in [-0.05, 0) is 25.1 Å². The van der Waals surface area contributed by atoms with Crippen LogP contribution in [0.1, 0.15) is 11.4 Å². The molecule has 1 aromatic heterocycles. The van der Waals surface area contributed by atoms with E-state index in [2.05, 4.69) is 21.0 Å². The number of halogens is 1. The highest BCUT2D eigenvalue weighted by molar-refractivity contribution is 9.10. The fraction of sp³-hybridized carbons (Fsp3) is 0.286. The van der Waals surface area contributed by atoms with Gasteiger partial charge in [-0.2, -0.15) is 5.10 Å². The molecule has 0 unspecified atom stereocenters. The van der Waals surface area contributed by atoms with Gasteiger partial charge in [-0.25, -0.2) is 0 Å². The molecule has 6 heteroatoms. The van der Waals surface area contributed by atoms with E-state index in [-0.39, 0.29) is 6.42 Å². The number of methoxy groups -OCH3 is 1. The maximum Gasteiger partial charge on any atom is 0.309 e. The Kier molecular flexibility index (Phi) is 4.13. The number of hydrogen-bond acceptors (Lipinski definition) is 3. The van der Waals surface area contributed by atoms with Crippen LogP contribution in [0.2, 0.25) is 0 Å². The monoisotopic (exact) mass is 338 g/mol. The molecule has 0 saturated heterocycles. The van der Waals surface area contributed by atoms with Crippen LogP contribution in [0, 0.1) is 6.92 Å². The Hall–Kier alpha value is -1.82. The Balaban J connectivity index is 2.68. The number of ether oxygens (including phenoxy) is 1. The lowest BCUT2D eigenvalue weighted by atomic mass is 10.0. The first-order chi connectivity index (χ1) is 9.43. The molecule has 1 heterocycles. The topological polar surface area (TPSA) is 64.4 Å². The van der Waals surface area contributed by atoms with Gasteiger partial charge in [0.15, 0.2) is 0 Å². The summed E-state index contributed by atoms with van der Waals surface area (Å²) >= 11 is 3.43. The molecule has 106 valence electrons. The Morgan fingerprint density at radius 2 is 2.20 bits per heavy atom. The normalized spacial score (nSPS) is 10.6. The molecule has 1 aromatic carbocycles. The number of rotatable bonds is 4. The van der Waals surface area contributed by atoms with Crippen molar-refractivity contribution in [2.24, 2.45) is 7.05 Å². The first-order valence-electron chi connectivity index (χ1n) is 6.02. The number of hydrogen-bond donors (Lipinski definition) is 1. The minimum absolute atomic E-state index is 0.0810. The molecular weight excluding hydrogens is 324 g/mol. The Bertz CT molecular complexity index is 665. The fourth-order valence-corrected chi connectivity index (χ4v) is 2.64. The number of aromatic nitrogens is 2. The lowest BCUT2D eigenvalue weighted by Crippen LogP contribution is -2.07. The molecule has 0 atom stereocenters. The SMILES string of the molecule is COc1ccc(Br)cc1-c1c(C)nn(C)c1CC(=O)O. The Labute approximate surface area is 125 Å². The van der Waals surface area contributed by atoms with E-state index < -0.39 is 5.97 Å². The second kappa shape index (κ2) is 5.66. The number of carbonyl (C=O) groups is 1. The first kappa shape index (κ1) is 14.6. The maximum absolute atomic E-state index is 11.1. The molecule has 2 aromatic rings. The van der Waals surface area contributed by atoms with E-state index in [0.29, 0.717) is 11.4 Å². The molecule has 2 rings (SSSR count). The van der Waals surface area contributed by atoms with Crippen molar-refractivity contribution in [3.8, 4) is 16.9 Å². The van der Waals surface area contributed by atoms with E-state index >= 15 is 0 Å². The number of carboxylic acids is 1. The van der Waals surface area contributed by atoms with Crippen molar-refractivity contribution in [3.05, 3.63) is 34.1 Å².